The Labute approximate surface area is 76.2 Å². The summed E-state index contributed by atoms with van der Waals surface area (Å²) in [5, 5.41) is 2.72. The van der Waals surface area contributed by atoms with Crippen LogP contribution < -0.4 is 11.1 Å². The van der Waals surface area contributed by atoms with Crippen molar-refractivity contribution in [1.82, 2.24) is 10.3 Å². The Morgan fingerprint density at radius 2 is 2.31 bits per heavy atom. The second-order valence-corrected chi connectivity index (χ2v) is 3.29. The SMILES string of the molecule is NC(=O)NC1(c2ccccn2)CC1. The van der Waals surface area contributed by atoms with Gasteiger partial charge in [-0.1, -0.05) is 6.07 Å². The highest BCUT2D eigenvalue weighted by atomic mass is 16.2. The average molecular weight is 177 g/mol. The van der Waals surface area contributed by atoms with Gasteiger partial charge in [-0.25, -0.2) is 4.79 Å². The van der Waals surface area contributed by atoms with Crippen molar-refractivity contribution in [3.8, 4) is 0 Å². The maximum Gasteiger partial charge on any atom is 0.312 e. The summed E-state index contributed by atoms with van der Waals surface area (Å²) in [6.07, 6.45) is 3.57. The molecule has 1 saturated carbocycles. The molecule has 0 aromatic carbocycles. The summed E-state index contributed by atoms with van der Waals surface area (Å²) >= 11 is 0. The molecule has 68 valence electrons. The predicted molar refractivity (Wildman–Crippen MR) is 47.9 cm³/mol. The van der Waals surface area contributed by atoms with E-state index in [1.807, 2.05) is 18.2 Å². The van der Waals surface area contributed by atoms with Gasteiger partial charge in [-0.05, 0) is 25.0 Å². The van der Waals surface area contributed by atoms with Crippen molar-refractivity contribution in [3.05, 3.63) is 30.1 Å². The van der Waals surface area contributed by atoms with Gasteiger partial charge in [0.2, 0.25) is 0 Å². The van der Waals surface area contributed by atoms with E-state index in [-0.39, 0.29) is 5.54 Å². The van der Waals surface area contributed by atoms with Gasteiger partial charge < -0.3 is 11.1 Å². The highest BCUT2D eigenvalue weighted by molar-refractivity contribution is 5.73. The lowest BCUT2D eigenvalue weighted by atomic mass is 10.1. The maximum atomic E-state index is 10.7. The molecule has 13 heavy (non-hydrogen) atoms. The van der Waals surface area contributed by atoms with Crippen molar-refractivity contribution in [3.63, 3.8) is 0 Å². The monoisotopic (exact) mass is 177 g/mol. The lowest BCUT2D eigenvalue weighted by molar-refractivity contribution is 0.244. The fraction of sp³-hybridized carbons (Fsp3) is 0.333. The molecule has 0 aliphatic heterocycles. The topological polar surface area (TPSA) is 68.0 Å². The standard InChI is InChI=1S/C9H11N3O/c10-8(13)12-9(4-5-9)7-3-1-2-6-11-7/h1-3,6H,4-5H2,(H3,10,12,13). The largest absolute Gasteiger partial charge is 0.352 e. The van der Waals surface area contributed by atoms with Gasteiger partial charge >= 0.3 is 6.03 Å². The molecule has 1 aliphatic carbocycles. The molecule has 0 atom stereocenters. The zero-order valence-corrected chi connectivity index (χ0v) is 7.16. The van der Waals surface area contributed by atoms with Crippen LogP contribution in [0.1, 0.15) is 18.5 Å². The molecule has 2 amide bonds. The van der Waals surface area contributed by atoms with Crippen LogP contribution in [0.2, 0.25) is 0 Å². The van der Waals surface area contributed by atoms with Gasteiger partial charge in [0.15, 0.2) is 0 Å². The second kappa shape index (κ2) is 2.73. The predicted octanol–water partition coefficient (Wildman–Crippen LogP) is 0.739. The first-order valence-electron chi connectivity index (χ1n) is 4.22. The zero-order valence-electron chi connectivity index (χ0n) is 7.16. The van der Waals surface area contributed by atoms with Crippen LogP contribution in [-0.2, 0) is 5.54 Å². The van der Waals surface area contributed by atoms with E-state index in [1.54, 1.807) is 6.20 Å². The lowest BCUT2D eigenvalue weighted by Gasteiger charge is -2.14. The lowest BCUT2D eigenvalue weighted by Crippen LogP contribution is -2.39. The van der Waals surface area contributed by atoms with Crippen molar-refractivity contribution >= 4 is 6.03 Å². The Morgan fingerprint density at radius 1 is 1.54 bits per heavy atom. The summed E-state index contributed by atoms with van der Waals surface area (Å²) in [5.41, 5.74) is 5.70. The number of nitrogens with zero attached hydrogens (tertiary/aromatic N) is 1. The number of hydrogen-bond donors (Lipinski definition) is 2. The summed E-state index contributed by atoms with van der Waals surface area (Å²) in [6.45, 7) is 0. The Balaban J connectivity index is 2.21. The molecule has 1 fully saturated rings. The van der Waals surface area contributed by atoms with Crippen LogP contribution in [0, 0.1) is 0 Å². The number of carbonyl (C=O) groups excluding carboxylic acids is 1. The quantitative estimate of drug-likeness (QED) is 0.699. The van der Waals surface area contributed by atoms with E-state index in [4.69, 9.17) is 5.73 Å². The number of primary amides is 1. The Morgan fingerprint density at radius 3 is 2.77 bits per heavy atom. The zero-order chi connectivity index (χ0) is 9.31. The first-order valence-corrected chi connectivity index (χ1v) is 4.22. The van der Waals surface area contributed by atoms with Gasteiger partial charge in [-0.15, -0.1) is 0 Å². The van der Waals surface area contributed by atoms with Crippen LogP contribution in [0.25, 0.3) is 0 Å². The first-order chi connectivity index (χ1) is 6.23. The summed E-state index contributed by atoms with van der Waals surface area (Å²) < 4.78 is 0. The molecule has 3 N–H and O–H groups in total. The molecule has 4 nitrogen and oxygen atoms in total. The minimum absolute atomic E-state index is 0.271. The molecule has 0 spiro atoms. The van der Waals surface area contributed by atoms with E-state index in [0.29, 0.717) is 0 Å². The average Bonchev–Trinajstić information content (AvgIpc) is 2.86. The number of aromatic nitrogens is 1. The van der Waals surface area contributed by atoms with Crippen molar-refractivity contribution in [2.45, 2.75) is 18.4 Å². The number of carbonyl (C=O) groups is 1. The molecule has 1 aromatic rings. The third-order valence-electron chi connectivity index (χ3n) is 2.27. The van der Waals surface area contributed by atoms with Crippen LogP contribution in [0.15, 0.2) is 24.4 Å². The van der Waals surface area contributed by atoms with Gasteiger partial charge in [0.25, 0.3) is 0 Å². The van der Waals surface area contributed by atoms with Crippen LogP contribution in [-0.4, -0.2) is 11.0 Å². The fourth-order valence-corrected chi connectivity index (χ4v) is 1.45. The molecule has 0 bridgehead atoms. The molecule has 1 heterocycles. The van der Waals surface area contributed by atoms with Gasteiger partial charge in [-0.2, -0.15) is 0 Å². The molecule has 0 saturated heterocycles. The van der Waals surface area contributed by atoms with E-state index in [9.17, 15) is 4.79 Å². The molecule has 4 heteroatoms. The van der Waals surface area contributed by atoms with Gasteiger partial charge in [-0.3, -0.25) is 4.98 Å². The molecule has 1 aliphatic rings. The van der Waals surface area contributed by atoms with Crippen molar-refractivity contribution in [2.24, 2.45) is 5.73 Å². The number of urea groups is 1. The number of amides is 2. The van der Waals surface area contributed by atoms with E-state index in [2.05, 4.69) is 10.3 Å². The van der Waals surface area contributed by atoms with Gasteiger partial charge in [0.05, 0.1) is 11.2 Å². The fourth-order valence-electron chi connectivity index (χ4n) is 1.45. The molecule has 2 rings (SSSR count). The van der Waals surface area contributed by atoms with E-state index >= 15 is 0 Å². The first kappa shape index (κ1) is 8.04. The summed E-state index contributed by atoms with van der Waals surface area (Å²) in [4.78, 5) is 14.9. The van der Waals surface area contributed by atoms with Crippen LogP contribution in [0.3, 0.4) is 0 Å². The molecular formula is C9H11N3O. The smallest absolute Gasteiger partial charge is 0.312 e. The maximum absolute atomic E-state index is 10.7. The van der Waals surface area contributed by atoms with Crippen LogP contribution in [0.5, 0.6) is 0 Å². The molecular weight excluding hydrogens is 166 g/mol. The normalized spacial score (nSPS) is 17.8. The van der Waals surface area contributed by atoms with Gasteiger partial charge in [0, 0.05) is 6.20 Å². The minimum Gasteiger partial charge on any atom is -0.352 e. The third-order valence-corrected chi connectivity index (χ3v) is 2.27. The summed E-state index contributed by atoms with van der Waals surface area (Å²) in [7, 11) is 0. The second-order valence-electron chi connectivity index (χ2n) is 3.29. The van der Waals surface area contributed by atoms with Crippen molar-refractivity contribution in [1.29, 1.82) is 0 Å². The number of hydrogen-bond acceptors (Lipinski definition) is 2. The number of pyridine rings is 1. The summed E-state index contributed by atoms with van der Waals surface area (Å²) in [6, 6.07) is 5.18. The number of nitrogens with one attached hydrogen (secondary N) is 1. The van der Waals surface area contributed by atoms with E-state index in [0.717, 1.165) is 18.5 Å². The van der Waals surface area contributed by atoms with Crippen LogP contribution in [0.4, 0.5) is 4.79 Å². The Bertz CT molecular complexity index is 319. The Hall–Kier alpha value is -1.58. The van der Waals surface area contributed by atoms with Crippen LogP contribution >= 0.6 is 0 Å². The molecule has 0 unspecified atom stereocenters. The van der Waals surface area contributed by atoms with Crippen molar-refractivity contribution < 1.29 is 4.79 Å². The number of rotatable bonds is 2. The summed E-state index contributed by atoms with van der Waals surface area (Å²) in [5.74, 6) is 0. The molecule has 0 radical (unpaired) electrons. The van der Waals surface area contributed by atoms with Gasteiger partial charge in [0.1, 0.15) is 0 Å². The van der Waals surface area contributed by atoms with Crippen molar-refractivity contribution in [2.75, 3.05) is 0 Å². The minimum atomic E-state index is -0.483. The highest BCUT2D eigenvalue weighted by Crippen LogP contribution is 2.44. The Kier molecular flexibility index (Phi) is 1.69. The highest BCUT2D eigenvalue weighted by Gasteiger charge is 2.46. The van der Waals surface area contributed by atoms with E-state index in [1.165, 1.54) is 0 Å². The number of nitrogens with two attached hydrogens (primary N) is 1. The third kappa shape index (κ3) is 1.47. The molecule has 1 aromatic heterocycles. The van der Waals surface area contributed by atoms with E-state index < -0.39 is 6.03 Å².